The van der Waals surface area contributed by atoms with Crippen LogP contribution in [0.15, 0.2) is 30.3 Å². The van der Waals surface area contributed by atoms with E-state index in [2.05, 4.69) is 10.6 Å². The summed E-state index contributed by atoms with van der Waals surface area (Å²) in [5.74, 6) is -0.603. The molecule has 0 bridgehead atoms. The van der Waals surface area contributed by atoms with E-state index in [0.29, 0.717) is 6.41 Å². The average Bonchev–Trinajstić information content (AvgIpc) is 2.41. The second-order valence-electron chi connectivity index (χ2n) is 4.16. The third kappa shape index (κ3) is 2.71. The van der Waals surface area contributed by atoms with Crippen molar-refractivity contribution in [2.75, 3.05) is 0 Å². The first-order chi connectivity index (χ1) is 9.13. The Bertz CT molecular complexity index is 491. The Labute approximate surface area is 109 Å². The molecule has 1 aliphatic heterocycles. The van der Waals surface area contributed by atoms with Gasteiger partial charge >= 0.3 is 6.03 Å². The SMILES string of the molecule is NC1C(NC=O)C(=O)NC(=O)N1Cc1ccccc1. The van der Waals surface area contributed by atoms with Gasteiger partial charge in [-0.3, -0.25) is 14.9 Å². The summed E-state index contributed by atoms with van der Waals surface area (Å²) in [6, 6.07) is 7.73. The highest BCUT2D eigenvalue weighted by Crippen LogP contribution is 2.12. The minimum absolute atomic E-state index is 0.262. The van der Waals surface area contributed by atoms with Crippen molar-refractivity contribution in [3.05, 3.63) is 35.9 Å². The predicted octanol–water partition coefficient (Wildman–Crippen LogP) is -0.862. The molecule has 1 saturated heterocycles. The highest BCUT2D eigenvalue weighted by atomic mass is 16.2. The fourth-order valence-corrected chi connectivity index (χ4v) is 1.93. The van der Waals surface area contributed by atoms with Gasteiger partial charge in [-0.25, -0.2) is 4.79 Å². The molecular formula is C12H14N4O3. The molecule has 7 nitrogen and oxygen atoms in total. The Morgan fingerprint density at radius 3 is 2.63 bits per heavy atom. The molecule has 4 amide bonds. The molecule has 7 heteroatoms. The number of nitrogens with zero attached hydrogens (tertiary/aromatic N) is 1. The van der Waals surface area contributed by atoms with Crippen LogP contribution >= 0.6 is 0 Å². The molecule has 2 unspecified atom stereocenters. The molecule has 1 fully saturated rings. The Kier molecular flexibility index (Phi) is 3.76. The van der Waals surface area contributed by atoms with E-state index in [1.165, 1.54) is 4.90 Å². The van der Waals surface area contributed by atoms with E-state index < -0.39 is 24.1 Å². The van der Waals surface area contributed by atoms with E-state index in [1.807, 2.05) is 30.3 Å². The van der Waals surface area contributed by atoms with Crippen molar-refractivity contribution in [1.82, 2.24) is 15.5 Å². The molecule has 1 aromatic rings. The van der Waals surface area contributed by atoms with Gasteiger partial charge in [-0.15, -0.1) is 0 Å². The van der Waals surface area contributed by atoms with E-state index in [-0.39, 0.29) is 6.54 Å². The zero-order valence-electron chi connectivity index (χ0n) is 10.1. The summed E-state index contributed by atoms with van der Waals surface area (Å²) in [5, 5.41) is 4.47. The number of carbonyl (C=O) groups excluding carboxylic acids is 3. The number of hydrogen-bond acceptors (Lipinski definition) is 4. The molecule has 1 heterocycles. The molecule has 1 aliphatic rings. The Balaban J connectivity index is 2.16. The normalized spacial score (nSPS) is 22.9. The minimum atomic E-state index is -0.945. The molecule has 0 radical (unpaired) electrons. The largest absolute Gasteiger partial charge is 0.344 e. The lowest BCUT2D eigenvalue weighted by molar-refractivity contribution is -0.128. The number of carbonyl (C=O) groups is 3. The summed E-state index contributed by atoms with van der Waals surface area (Å²) < 4.78 is 0. The van der Waals surface area contributed by atoms with E-state index >= 15 is 0 Å². The van der Waals surface area contributed by atoms with Crippen LogP contribution in [0.1, 0.15) is 5.56 Å². The van der Waals surface area contributed by atoms with Crippen molar-refractivity contribution in [3.63, 3.8) is 0 Å². The maximum atomic E-state index is 11.8. The van der Waals surface area contributed by atoms with Crippen molar-refractivity contribution in [2.24, 2.45) is 5.73 Å². The van der Waals surface area contributed by atoms with Gasteiger partial charge in [0, 0.05) is 6.54 Å². The van der Waals surface area contributed by atoms with Gasteiger partial charge in [-0.05, 0) is 5.56 Å². The van der Waals surface area contributed by atoms with Crippen molar-refractivity contribution >= 4 is 18.3 Å². The van der Waals surface area contributed by atoms with Crippen molar-refractivity contribution in [1.29, 1.82) is 0 Å². The fourth-order valence-electron chi connectivity index (χ4n) is 1.93. The van der Waals surface area contributed by atoms with Gasteiger partial charge in [0.25, 0.3) is 5.91 Å². The summed E-state index contributed by atoms with van der Waals surface area (Å²) in [7, 11) is 0. The van der Waals surface area contributed by atoms with Gasteiger partial charge in [0.2, 0.25) is 6.41 Å². The van der Waals surface area contributed by atoms with Gasteiger partial charge < -0.3 is 16.0 Å². The summed E-state index contributed by atoms with van der Waals surface area (Å²) >= 11 is 0. The quantitative estimate of drug-likeness (QED) is 0.614. The number of amides is 4. The topological polar surface area (TPSA) is 105 Å². The van der Waals surface area contributed by atoms with Gasteiger partial charge in [0.1, 0.15) is 12.2 Å². The number of rotatable bonds is 4. The number of urea groups is 1. The first-order valence-electron chi connectivity index (χ1n) is 5.74. The van der Waals surface area contributed by atoms with E-state index in [0.717, 1.165) is 5.56 Å². The monoisotopic (exact) mass is 262 g/mol. The Morgan fingerprint density at radius 1 is 1.32 bits per heavy atom. The van der Waals surface area contributed by atoms with Gasteiger partial charge in [-0.1, -0.05) is 30.3 Å². The number of imide groups is 1. The Hall–Kier alpha value is -2.41. The number of hydrogen-bond donors (Lipinski definition) is 3. The first-order valence-corrected chi connectivity index (χ1v) is 5.74. The van der Waals surface area contributed by atoms with Crippen molar-refractivity contribution in [2.45, 2.75) is 18.8 Å². The van der Waals surface area contributed by atoms with E-state index in [9.17, 15) is 14.4 Å². The summed E-state index contributed by atoms with van der Waals surface area (Å²) in [6.07, 6.45) is -0.507. The third-order valence-corrected chi connectivity index (χ3v) is 2.92. The van der Waals surface area contributed by atoms with E-state index in [4.69, 9.17) is 5.73 Å². The van der Waals surface area contributed by atoms with Crippen molar-refractivity contribution < 1.29 is 14.4 Å². The maximum absolute atomic E-state index is 11.8. The fraction of sp³-hybridized carbons (Fsp3) is 0.250. The van der Waals surface area contributed by atoms with Crippen LogP contribution in [0.2, 0.25) is 0 Å². The molecule has 0 aromatic heterocycles. The molecule has 19 heavy (non-hydrogen) atoms. The maximum Gasteiger partial charge on any atom is 0.325 e. The van der Waals surface area contributed by atoms with Crippen LogP contribution in [0.3, 0.4) is 0 Å². The lowest BCUT2D eigenvalue weighted by Gasteiger charge is -2.37. The molecule has 100 valence electrons. The van der Waals surface area contributed by atoms with Crippen LogP contribution in [0.4, 0.5) is 4.79 Å². The summed E-state index contributed by atoms with van der Waals surface area (Å²) in [5.41, 5.74) is 6.74. The second-order valence-corrected chi connectivity index (χ2v) is 4.16. The van der Waals surface area contributed by atoms with Crippen LogP contribution in [0, 0.1) is 0 Å². The summed E-state index contributed by atoms with van der Waals surface area (Å²) in [4.78, 5) is 35.1. The van der Waals surface area contributed by atoms with Crippen LogP contribution in [0.5, 0.6) is 0 Å². The molecule has 2 rings (SSSR count). The first kappa shape index (κ1) is 13.0. The number of benzene rings is 1. The number of nitrogens with two attached hydrogens (primary N) is 1. The molecule has 2 atom stereocenters. The second kappa shape index (κ2) is 5.49. The lowest BCUT2D eigenvalue weighted by Crippen LogP contribution is -2.69. The smallest absolute Gasteiger partial charge is 0.325 e. The molecular weight excluding hydrogens is 248 g/mol. The highest BCUT2D eigenvalue weighted by Gasteiger charge is 2.38. The van der Waals surface area contributed by atoms with Gasteiger partial charge in [-0.2, -0.15) is 0 Å². The molecule has 0 saturated carbocycles. The average molecular weight is 262 g/mol. The summed E-state index contributed by atoms with van der Waals surface area (Å²) in [6.45, 7) is 0.262. The van der Waals surface area contributed by atoms with Gasteiger partial charge in [0.05, 0.1) is 0 Å². The highest BCUT2D eigenvalue weighted by molar-refractivity contribution is 6.00. The minimum Gasteiger partial charge on any atom is -0.344 e. The standard InChI is InChI=1S/C12H14N4O3/c13-10-9(14-7-17)11(18)15-12(19)16(10)6-8-4-2-1-3-5-8/h1-5,7,9-10H,6,13H2,(H,14,17)(H,15,18,19). The van der Waals surface area contributed by atoms with Gasteiger partial charge in [0.15, 0.2) is 0 Å². The molecule has 1 aromatic carbocycles. The lowest BCUT2D eigenvalue weighted by atomic mass is 10.1. The van der Waals surface area contributed by atoms with E-state index in [1.54, 1.807) is 0 Å². The molecule has 0 aliphatic carbocycles. The Morgan fingerprint density at radius 2 is 2.00 bits per heavy atom. The zero-order chi connectivity index (χ0) is 13.8. The third-order valence-electron chi connectivity index (χ3n) is 2.92. The van der Waals surface area contributed by atoms with Crippen LogP contribution < -0.4 is 16.4 Å². The molecule has 4 N–H and O–H groups in total. The number of nitrogens with one attached hydrogen (secondary N) is 2. The van der Waals surface area contributed by atoms with Crippen LogP contribution in [0.25, 0.3) is 0 Å². The van der Waals surface area contributed by atoms with Crippen LogP contribution in [-0.2, 0) is 16.1 Å². The predicted molar refractivity (Wildman–Crippen MR) is 66.5 cm³/mol. The van der Waals surface area contributed by atoms with Crippen molar-refractivity contribution in [3.8, 4) is 0 Å². The molecule has 0 spiro atoms. The zero-order valence-corrected chi connectivity index (χ0v) is 10.1. The van der Waals surface area contributed by atoms with Crippen LogP contribution in [-0.4, -0.2) is 35.5 Å².